The zero-order chi connectivity index (χ0) is 17.0. The van der Waals surface area contributed by atoms with E-state index in [0.29, 0.717) is 11.0 Å². The van der Waals surface area contributed by atoms with Crippen LogP contribution in [-0.4, -0.2) is 30.2 Å². The largest absolute Gasteiger partial charge is 0.366 e. The molecule has 0 fully saturated rings. The fraction of sp³-hybridized carbons (Fsp3) is 0.375. The zero-order valence-corrected chi connectivity index (χ0v) is 14.6. The number of rotatable bonds is 5. The van der Waals surface area contributed by atoms with Gasteiger partial charge in [0, 0.05) is 12.8 Å². The van der Waals surface area contributed by atoms with Gasteiger partial charge in [-0.05, 0) is 42.9 Å². The Morgan fingerprint density at radius 2 is 2.04 bits per heavy atom. The molecule has 6 nitrogen and oxygen atoms in total. The number of benzene rings is 1. The summed E-state index contributed by atoms with van der Waals surface area (Å²) >= 11 is 1.54. The number of thioether (sulfide) groups is 1. The molecule has 1 amide bonds. The van der Waals surface area contributed by atoms with Gasteiger partial charge in [-0.15, -0.1) is 0 Å². The molecule has 2 rings (SSSR count). The number of hydrogen-bond donors (Lipinski definition) is 3. The van der Waals surface area contributed by atoms with Crippen LogP contribution in [0.5, 0.6) is 0 Å². The maximum Gasteiger partial charge on any atom is 0.252 e. The van der Waals surface area contributed by atoms with Crippen molar-refractivity contribution in [2.24, 2.45) is 10.7 Å². The number of amidine groups is 1. The van der Waals surface area contributed by atoms with Crippen LogP contribution in [0.1, 0.15) is 18.1 Å². The minimum absolute atomic E-state index is 0.284. The maximum atomic E-state index is 11.9. The number of carbonyl (C=O) groups is 1. The van der Waals surface area contributed by atoms with Crippen LogP contribution in [0.25, 0.3) is 0 Å². The molecule has 0 bridgehead atoms. The Kier molecular flexibility index (Phi) is 5.68. The Balaban J connectivity index is 2.44. The molecular formula is C16H22N4O2S. The molecule has 23 heavy (non-hydrogen) atoms. The SMILES string of the molecule is CCSC1=NC(Nc2cc(C)cc(C)c2)=C(C(N)=O)C(OC)N1. The first kappa shape index (κ1) is 17.4. The van der Waals surface area contributed by atoms with Crippen molar-refractivity contribution in [3.05, 3.63) is 40.7 Å². The van der Waals surface area contributed by atoms with E-state index in [1.807, 2.05) is 32.9 Å². The van der Waals surface area contributed by atoms with Crippen LogP contribution in [-0.2, 0) is 9.53 Å². The molecule has 1 unspecified atom stereocenters. The highest BCUT2D eigenvalue weighted by Gasteiger charge is 2.28. The third-order valence-corrected chi connectivity index (χ3v) is 4.02. The van der Waals surface area contributed by atoms with Gasteiger partial charge in [-0.3, -0.25) is 4.79 Å². The van der Waals surface area contributed by atoms with Gasteiger partial charge in [-0.1, -0.05) is 24.8 Å². The van der Waals surface area contributed by atoms with Crippen LogP contribution < -0.4 is 16.4 Å². The molecule has 1 aliphatic heterocycles. The molecule has 1 heterocycles. The fourth-order valence-corrected chi connectivity index (χ4v) is 3.03. The zero-order valence-electron chi connectivity index (χ0n) is 13.8. The Bertz CT molecular complexity index is 650. The number of methoxy groups -OCH3 is 1. The van der Waals surface area contributed by atoms with Crippen molar-refractivity contribution < 1.29 is 9.53 Å². The molecular weight excluding hydrogens is 312 g/mol. The van der Waals surface area contributed by atoms with Crippen molar-refractivity contribution in [1.82, 2.24) is 5.32 Å². The lowest BCUT2D eigenvalue weighted by Gasteiger charge is -2.26. The van der Waals surface area contributed by atoms with Crippen molar-refractivity contribution >= 4 is 28.5 Å². The van der Waals surface area contributed by atoms with Gasteiger partial charge < -0.3 is 21.1 Å². The van der Waals surface area contributed by atoms with Gasteiger partial charge in [0.05, 0.1) is 0 Å². The van der Waals surface area contributed by atoms with Gasteiger partial charge in [0.1, 0.15) is 11.4 Å². The molecule has 0 saturated heterocycles. The standard InChI is InChI=1S/C16H22N4O2S/c1-5-23-16-19-14(12(13(17)21)15(20-16)22-4)18-11-7-9(2)6-10(3)8-11/h6-8,15,18H,5H2,1-4H3,(H2,17,21)(H,19,20). The average Bonchev–Trinajstić information content (AvgIpc) is 2.45. The first-order chi connectivity index (χ1) is 10.9. The van der Waals surface area contributed by atoms with E-state index in [1.54, 1.807) is 0 Å². The molecule has 0 radical (unpaired) electrons. The summed E-state index contributed by atoms with van der Waals surface area (Å²) in [5.41, 5.74) is 8.91. The number of nitrogens with one attached hydrogen (secondary N) is 2. The van der Waals surface area contributed by atoms with Crippen molar-refractivity contribution in [3.8, 4) is 0 Å². The summed E-state index contributed by atoms with van der Waals surface area (Å²) in [5.74, 6) is 0.704. The van der Waals surface area contributed by atoms with Crippen molar-refractivity contribution in [2.75, 3.05) is 18.2 Å². The number of primary amides is 1. The molecule has 0 aliphatic carbocycles. The number of aryl methyl sites for hydroxylation is 2. The summed E-state index contributed by atoms with van der Waals surface area (Å²) in [6.45, 7) is 6.06. The molecule has 1 aliphatic rings. The summed E-state index contributed by atoms with van der Waals surface area (Å²) in [7, 11) is 1.52. The minimum Gasteiger partial charge on any atom is -0.366 e. The maximum absolute atomic E-state index is 11.9. The highest BCUT2D eigenvalue weighted by Crippen LogP contribution is 2.23. The van der Waals surface area contributed by atoms with Crippen LogP contribution in [0, 0.1) is 13.8 Å². The van der Waals surface area contributed by atoms with Crippen molar-refractivity contribution in [3.63, 3.8) is 0 Å². The Morgan fingerprint density at radius 3 is 2.57 bits per heavy atom. The average molecular weight is 334 g/mol. The second-order valence-electron chi connectivity index (χ2n) is 5.24. The number of ether oxygens (including phenoxy) is 1. The second kappa shape index (κ2) is 7.52. The van der Waals surface area contributed by atoms with Gasteiger partial charge in [-0.25, -0.2) is 4.99 Å². The third kappa shape index (κ3) is 4.27. The van der Waals surface area contributed by atoms with Crippen LogP contribution >= 0.6 is 11.8 Å². The number of carbonyl (C=O) groups excluding carboxylic acids is 1. The summed E-state index contributed by atoms with van der Waals surface area (Å²) < 4.78 is 5.35. The van der Waals surface area contributed by atoms with E-state index in [2.05, 4.69) is 21.7 Å². The first-order valence-electron chi connectivity index (χ1n) is 7.34. The van der Waals surface area contributed by atoms with Crippen molar-refractivity contribution in [2.45, 2.75) is 27.0 Å². The van der Waals surface area contributed by atoms with E-state index < -0.39 is 12.1 Å². The van der Waals surface area contributed by atoms with Gasteiger partial charge in [-0.2, -0.15) is 0 Å². The van der Waals surface area contributed by atoms with Crippen molar-refractivity contribution in [1.29, 1.82) is 0 Å². The number of aliphatic imine (C=N–C) groups is 1. The van der Waals surface area contributed by atoms with Gasteiger partial charge in [0.2, 0.25) is 0 Å². The Hall–Kier alpha value is -1.99. The number of hydrogen-bond acceptors (Lipinski definition) is 6. The summed E-state index contributed by atoms with van der Waals surface area (Å²) in [5, 5.41) is 6.96. The first-order valence-corrected chi connectivity index (χ1v) is 8.33. The number of nitrogens with two attached hydrogens (primary N) is 1. The normalized spacial score (nSPS) is 17.6. The summed E-state index contributed by atoms with van der Waals surface area (Å²) in [6, 6.07) is 6.06. The van der Waals surface area contributed by atoms with E-state index in [-0.39, 0.29) is 5.57 Å². The smallest absolute Gasteiger partial charge is 0.252 e. The number of anilines is 1. The lowest BCUT2D eigenvalue weighted by Crippen LogP contribution is -2.44. The number of nitrogens with zero attached hydrogens (tertiary/aromatic N) is 1. The molecule has 0 aromatic heterocycles. The van der Waals surface area contributed by atoms with Crippen LogP contribution in [0.15, 0.2) is 34.6 Å². The molecule has 124 valence electrons. The molecule has 4 N–H and O–H groups in total. The van der Waals surface area contributed by atoms with Crippen LogP contribution in [0.3, 0.4) is 0 Å². The number of amides is 1. The van der Waals surface area contributed by atoms with E-state index in [1.165, 1.54) is 18.9 Å². The second-order valence-corrected chi connectivity index (χ2v) is 6.49. The van der Waals surface area contributed by atoms with E-state index in [9.17, 15) is 4.79 Å². The lowest BCUT2D eigenvalue weighted by molar-refractivity contribution is -0.116. The molecule has 1 aromatic rings. The van der Waals surface area contributed by atoms with E-state index in [4.69, 9.17) is 10.5 Å². The molecule has 7 heteroatoms. The molecule has 1 aromatic carbocycles. The summed E-state index contributed by atoms with van der Waals surface area (Å²) in [4.78, 5) is 16.3. The Labute approximate surface area is 140 Å². The fourth-order valence-electron chi connectivity index (χ4n) is 2.41. The highest BCUT2D eigenvalue weighted by molar-refractivity contribution is 8.13. The van der Waals surface area contributed by atoms with Gasteiger partial charge in [0.25, 0.3) is 5.91 Å². The highest BCUT2D eigenvalue weighted by atomic mass is 32.2. The van der Waals surface area contributed by atoms with Gasteiger partial charge >= 0.3 is 0 Å². The molecule has 0 spiro atoms. The predicted octanol–water partition coefficient (Wildman–Crippen LogP) is 2.10. The van der Waals surface area contributed by atoms with Crippen LogP contribution in [0.4, 0.5) is 5.69 Å². The molecule has 1 atom stereocenters. The van der Waals surface area contributed by atoms with E-state index in [0.717, 1.165) is 22.6 Å². The third-order valence-electron chi connectivity index (χ3n) is 3.25. The lowest BCUT2D eigenvalue weighted by atomic mass is 10.1. The summed E-state index contributed by atoms with van der Waals surface area (Å²) in [6.07, 6.45) is -0.618. The Morgan fingerprint density at radius 1 is 1.39 bits per heavy atom. The van der Waals surface area contributed by atoms with Crippen LogP contribution in [0.2, 0.25) is 0 Å². The van der Waals surface area contributed by atoms with E-state index >= 15 is 0 Å². The minimum atomic E-state index is -0.618. The topological polar surface area (TPSA) is 88.7 Å². The quantitative estimate of drug-likeness (QED) is 0.767. The predicted molar refractivity (Wildman–Crippen MR) is 95.3 cm³/mol. The monoisotopic (exact) mass is 334 g/mol. The molecule has 0 saturated carbocycles. The van der Waals surface area contributed by atoms with Gasteiger partial charge in [0.15, 0.2) is 11.4 Å².